The molecule has 2 saturated carbocycles. The van der Waals surface area contributed by atoms with Crippen LogP contribution in [0.4, 0.5) is 5.69 Å². The van der Waals surface area contributed by atoms with E-state index in [0.717, 1.165) is 11.3 Å². The second kappa shape index (κ2) is 30.0. The van der Waals surface area contributed by atoms with Crippen LogP contribution in [0.1, 0.15) is 97.6 Å². The van der Waals surface area contributed by atoms with Gasteiger partial charge in [0.25, 0.3) is 0 Å². The van der Waals surface area contributed by atoms with Crippen molar-refractivity contribution in [3.8, 4) is 0 Å². The molecule has 67 heavy (non-hydrogen) atoms. The number of benzene rings is 7. The van der Waals surface area contributed by atoms with Gasteiger partial charge in [-0.05, 0) is 125 Å². The van der Waals surface area contributed by atoms with E-state index in [9.17, 15) is 0 Å². The molecule has 0 saturated heterocycles. The number of hydrogen-bond acceptors (Lipinski definition) is 1. The molecule has 2 fully saturated rings. The third kappa shape index (κ3) is 18.6. The number of hydrogen-bond donors (Lipinski definition) is 0. The molecule has 0 atom stereocenters. The van der Waals surface area contributed by atoms with Crippen LogP contribution in [0.5, 0.6) is 0 Å². The van der Waals surface area contributed by atoms with Crippen LogP contribution in [-0.4, -0.2) is 25.4 Å². The Bertz CT molecular complexity index is 1960. The van der Waals surface area contributed by atoms with E-state index in [1.165, 1.54) is 140 Å². The molecule has 350 valence electrons. The van der Waals surface area contributed by atoms with E-state index in [4.69, 9.17) is 0 Å². The van der Waals surface area contributed by atoms with Gasteiger partial charge in [-0.15, -0.1) is 0 Å². The predicted molar refractivity (Wildman–Crippen MR) is 296 cm³/mol. The van der Waals surface area contributed by atoms with Crippen molar-refractivity contribution in [1.82, 2.24) is 0 Å². The molecule has 9 rings (SSSR count). The zero-order valence-electron chi connectivity index (χ0n) is 40.2. The van der Waals surface area contributed by atoms with Gasteiger partial charge in [0.2, 0.25) is 0 Å². The summed E-state index contributed by atoms with van der Waals surface area (Å²) in [6, 6.07) is 75.0. The van der Waals surface area contributed by atoms with Gasteiger partial charge in [0.1, 0.15) is 0 Å². The van der Waals surface area contributed by atoms with Crippen molar-refractivity contribution in [3.05, 3.63) is 240 Å². The maximum Gasteiger partial charge on any atom is 0.0361 e. The van der Waals surface area contributed by atoms with Gasteiger partial charge in [-0.1, -0.05) is 256 Å². The van der Waals surface area contributed by atoms with Crippen LogP contribution in [0.25, 0.3) is 0 Å². The summed E-state index contributed by atoms with van der Waals surface area (Å²) in [5.74, 6) is 0. The van der Waals surface area contributed by atoms with E-state index < -0.39 is 0 Å². The Hall–Kier alpha value is -3.75. The van der Waals surface area contributed by atoms with Gasteiger partial charge in [0.05, 0.1) is 0 Å². The average Bonchev–Trinajstić information content (AvgIpc) is 3.37. The first-order valence-corrected chi connectivity index (χ1v) is 30.1. The van der Waals surface area contributed by atoms with Gasteiger partial charge in [0.15, 0.2) is 0 Å². The summed E-state index contributed by atoms with van der Waals surface area (Å²) < 4.78 is 0. The Morgan fingerprint density at radius 2 is 0.567 bits per heavy atom. The molecule has 7 aromatic rings. The third-order valence-corrected chi connectivity index (χ3v) is 21.5. The van der Waals surface area contributed by atoms with Crippen LogP contribution in [0.2, 0.25) is 0 Å². The molecule has 0 aromatic heterocycles. The Kier molecular flexibility index (Phi) is 23.6. The molecule has 0 amide bonds. The summed E-state index contributed by atoms with van der Waals surface area (Å²) in [5.41, 5.74) is 12.1. The van der Waals surface area contributed by atoms with E-state index in [2.05, 4.69) is 225 Å². The van der Waals surface area contributed by atoms with Crippen LogP contribution >= 0.6 is 23.8 Å². The van der Waals surface area contributed by atoms with Gasteiger partial charge in [-0.3, -0.25) is 0 Å². The van der Waals surface area contributed by atoms with Crippen molar-refractivity contribution in [2.75, 3.05) is 19.0 Å². The molecule has 0 spiro atoms. The van der Waals surface area contributed by atoms with Crippen LogP contribution in [0.15, 0.2) is 206 Å². The molecule has 5 heteroatoms. The summed E-state index contributed by atoms with van der Waals surface area (Å²) >= 11 is 0. The Balaban J connectivity index is 0.000000165. The predicted octanol–water partition coefficient (Wildman–Crippen LogP) is 17.7. The standard InChI is InChI=1S/2C21H21P.C20H32NP.Ru/c2*1-4-10-19(11-5-1)16-22(17-20-12-6-2-7-13-20)18-21-14-8-3-9-15-21;1-21(2)17-13-15-20(16-14-17)22(18-9-5-3-6-10-18)19-11-7-4-8-12-19;/h2*1-15H,16-18H2;13-16,18-19H,3-12H2,1-2H3;. The summed E-state index contributed by atoms with van der Waals surface area (Å²) in [6.07, 6.45) is 22.0. The first kappa shape index (κ1) is 52.6. The van der Waals surface area contributed by atoms with Crippen molar-refractivity contribution in [1.29, 1.82) is 0 Å². The minimum atomic E-state index is -0.0895. The van der Waals surface area contributed by atoms with Gasteiger partial charge in [-0.25, -0.2) is 0 Å². The molecule has 0 aliphatic heterocycles. The molecule has 0 bridgehead atoms. The first-order valence-electron chi connectivity index (χ1n) is 24.8. The first-order chi connectivity index (χ1) is 32.6. The van der Waals surface area contributed by atoms with E-state index in [1.807, 2.05) is 0 Å². The van der Waals surface area contributed by atoms with E-state index >= 15 is 0 Å². The second-order valence-electron chi connectivity index (χ2n) is 18.6. The minimum absolute atomic E-state index is 0. The van der Waals surface area contributed by atoms with Crippen molar-refractivity contribution in [2.24, 2.45) is 0 Å². The SMILES string of the molecule is CN(C)c1ccc(P(C2CCCCC2)C2CCCCC2)cc1.[Ru].c1ccc(CP(Cc2ccccc2)Cc2ccccc2)cc1.c1ccc(CP(Cc2ccccc2)Cc2ccccc2)cc1. The quantitative estimate of drug-likeness (QED) is 0.0689. The summed E-state index contributed by atoms with van der Waals surface area (Å²) in [4.78, 5) is 2.22. The summed E-state index contributed by atoms with van der Waals surface area (Å²) in [7, 11) is 4.16. The largest absolute Gasteiger partial charge is 0.378 e. The number of rotatable bonds is 16. The molecule has 0 N–H and O–H groups in total. The van der Waals surface area contributed by atoms with Crippen LogP contribution in [-0.2, 0) is 56.4 Å². The fourth-order valence-electron chi connectivity index (χ4n) is 9.75. The molecule has 0 radical (unpaired) electrons. The maximum absolute atomic E-state index is 2.46. The van der Waals surface area contributed by atoms with Crippen LogP contribution < -0.4 is 10.2 Å². The molecule has 2 aliphatic rings. The fraction of sp³-hybridized carbons (Fsp3) is 0.323. The molecule has 1 nitrogen and oxygen atoms in total. The number of nitrogens with zero attached hydrogens (tertiary/aromatic N) is 1. The number of anilines is 1. The molecular formula is C62H74NP3Ru. The Morgan fingerprint density at radius 1 is 0.328 bits per heavy atom. The van der Waals surface area contributed by atoms with E-state index in [-0.39, 0.29) is 43.2 Å². The minimum Gasteiger partial charge on any atom is -0.378 e. The molecule has 0 unspecified atom stereocenters. The average molecular weight is 1030 g/mol. The van der Waals surface area contributed by atoms with Gasteiger partial charge in [0, 0.05) is 39.3 Å². The molecular weight excluding hydrogens is 953 g/mol. The Morgan fingerprint density at radius 3 is 0.791 bits per heavy atom. The van der Waals surface area contributed by atoms with Crippen molar-refractivity contribution in [2.45, 2.75) is 112 Å². The normalized spacial score (nSPS) is 14.0. The second-order valence-corrected chi connectivity index (χ2v) is 26.0. The third-order valence-electron chi connectivity index (χ3n) is 13.1. The van der Waals surface area contributed by atoms with E-state index in [1.54, 1.807) is 5.30 Å². The van der Waals surface area contributed by atoms with Gasteiger partial charge >= 0.3 is 0 Å². The van der Waals surface area contributed by atoms with Crippen LogP contribution in [0, 0.1) is 0 Å². The van der Waals surface area contributed by atoms with Crippen LogP contribution in [0.3, 0.4) is 0 Å². The summed E-state index contributed by atoms with van der Waals surface area (Å²) in [6.45, 7) is 0. The van der Waals surface area contributed by atoms with Crippen molar-refractivity contribution < 1.29 is 19.5 Å². The topological polar surface area (TPSA) is 3.24 Å². The van der Waals surface area contributed by atoms with Gasteiger partial charge < -0.3 is 4.90 Å². The maximum atomic E-state index is 2.46. The zero-order chi connectivity index (χ0) is 45.4. The van der Waals surface area contributed by atoms with E-state index in [0.29, 0.717) is 0 Å². The summed E-state index contributed by atoms with van der Waals surface area (Å²) in [5, 5.41) is 1.69. The monoisotopic (exact) mass is 1030 g/mol. The zero-order valence-corrected chi connectivity index (χ0v) is 44.7. The van der Waals surface area contributed by atoms with Crippen molar-refractivity contribution in [3.63, 3.8) is 0 Å². The molecule has 0 heterocycles. The van der Waals surface area contributed by atoms with Crippen molar-refractivity contribution >= 4 is 34.8 Å². The smallest absolute Gasteiger partial charge is 0.0361 e. The Labute approximate surface area is 422 Å². The van der Waals surface area contributed by atoms with Gasteiger partial charge in [-0.2, -0.15) is 0 Å². The molecule has 7 aromatic carbocycles. The molecule has 2 aliphatic carbocycles. The fourth-order valence-corrected chi connectivity index (χ4v) is 18.6.